The Bertz CT molecular complexity index is 465. The predicted molar refractivity (Wildman–Crippen MR) is 80.6 cm³/mol. The second-order valence-corrected chi connectivity index (χ2v) is 5.86. The van der Waals surface area contributed by atoms with Crippen LogP contribution in [0.3, 0.4) is 0 Å². The summed E-state index contributed by atoms with van der Waals surface area (Å²) in [5.74, 6) is -0.150. The predicted octanol–water partition coefficient (Wildman–Crippen LogP) is 1.23. The molecule has 21 heavy (non-hydrogen) atoms. The second kappa shape index (κ2) is 6.83. The minimum atomic E-state index is -0.150. The van der Waals surface area contributed by atoms with Crippen molar-refractivity contribution in [3.8, 4) is 0 Å². The van der Waals surface area contributed by atoms with Crippen molar-refractivity contribution in [2.24, 2.45) is 5.73 Å². The largest absolute Gasteiger partial charge is 0.379 e. The molecule has 2 saturated heterocycles. The van der Waals surface area contributed by atoms with Crippen LogP contribution < -0.4 is 5.73 Å². The van der Waals surface area contributed by atoms with E-state index in [1.165, 1.54) is 6.07 Å². The fraction of sp³-hybridized carbons (Fsp3) is 0.625. The number of ether oxygens (including phenoxy) is 1. The normalized spacial score (nSPS) is 26.1. The number of nitrogens with two attached hydrogens (primary N) is 1. The van der Waals surface area contributed by atoms with Crippen molar-refractivity contribution < 1.29 is 9.13 Å². The first-order chi connectivity index (χ1) is 10.3. The van der Waals surface area contributed by atoms with Gasteiger partial charge in [0.2, 0.25) is 0 Å². The van der Waals surface area contributed by atoms with Gasteiger partial charge in [-0.3, -0.25) is 9.80 Å². The standard InChI is InChI=1S/C16H24FN3O/c17-15-4-2-1-3-14(15)16(11-18)20-6-5-13(12-20)19-7-9-21-10-8-19/h1-4,13,16H,5-12,18H2. The lowest BCUT2D eigenvalue weighted by atomic mass is 10.1. The molecule has 2 aliphatic rings. The maximum Gasteiger partial charge on any atom is 0.128 e. The van der Waals surface area contributed by atoms with Crippen molar-refractivity contribution in [2.45, 2.75) is 18.5 Å². The fourth-order valence-corrected chi connectivity index (χ4v) is 3.51. The first-order valence-corrected chi connectivity index (χ1v) is 7.80. The lowest BCUT2D eigenvalue weighted by Crippen LogP contribution is -2.45. The molecule has 0 radical (unpaired) electrons. The number of nitrogens with zero attached hydrogens (tertiary/aromatic N) is 2. The molecule has 2 fully saturated rings. The molecule has 1 aromatic carbocycles. The molecule has 116 valence electrons. The third kappa shape index (κ3) is 3.26. The molecule has 0 spiro atoms. The third-order valence-electron chi connectivity index (χ3n) is 4.69. The number of halogens is 1. The molecule has 0 bridgehead atoms. The maximum absolute atomic E-state index is 14.0. The van der Waals surface area contributed by atoms with Gasteiger partial charge in [0.15, 0.2) is 0 Å². The number of hydrogen-bond acceptors (Lipinski definition) is 4. The number of morpholine rings is 1. The second-order valence-electron chi connectivity index (χ2n) is 5.86. The van der Waals surface area contributed by atoms with Crippen molar-refractivity contribution in [3.63, 3.8) is 0 Å². The molecule has 0 aromatic heterocycles. The Morgan fingerprint density at radius 2 is 2.00 bits per heavy atom. The zero-order chi connectivity index (χ0) is 14.7. The van der Waals surface area contributed by atoms with Gasteiger partial charge in [0, 0.05) is 50.4 Å². The highest BCUT2D eigenvalue weighted by atomic mass is 19.1. The van der Waals surface area contributed by atoms with E-state index in [2.05, 4.69) is 9.80 Å². The maximum atomic E-state index is 14.0. The van der Waals surface area contributed by atoms with E-state index >= 15 is 0 Å². The third-order valence-corrected chi connectivity index (χ3v) is 4.69. The molecule has 2 heterocycles. The molecule has 5 heteroatoms. The number of benzene rings is 1. The average molecular weight is 293 g/mol. The van der Waals surface area contributed by atoms with Crippen molar-refractivity contribution in [1.29, 1.82) is 0 Å². The lowest BCUT2D eigenvalue weighted by Gasteiger charge is -2.33. The van der Waals surface area contributed by atoms with E-state index in [4.69, 9.17) is 10.5 Å². The minimum absolute atomic E-state index is 0.0164. The van der Waals surface area contributed by atoms with Gasteiger partial charge in [0.1, 0.15) is 5.82 Å². The van der Waals surface area contributed by atoms with Gasteiger partial charge in [0.25, 0.3) is 0 Å². The van der Waals surface area contributed by atoms with E-state index in [0.29, 0.717) is 12.6 Å². The molecule has 1 aromatic rings. The highest BCUT2D eigenvalue weighted by Crippen LogP contribution is 2.28. The summed E-state index contributed by atoms with van der Waals surface area (Å²) in [6.07, 6.45) is 1.13. The SMILES string of the molecule is NCC(c1ccccc1F)N1CCC(N2CCOCC2)C1. The van der Waals surface area contributed by atoms with Crippen LogP contribution in [0, 0.1) is 5.82 Å². The van der Waals surface area contributed by atoms with Gasteiger partial charge in [-0.1, -0.05) is 18.2 Å². The van der Waals surface area contributed by atoms with Crippen LogP contribution in [0.4, 0.5) is 4.39 Å². The Balaban J connectivity index is 1.67. The monoisotopic (exact) mass is 293 g/mol. The average Bonchev–Trinajstić information content (AvgIpc) is 3.00. The van der Waals surface area contributed by atoms with Gasteiger partial charge in [-0.25, -0.2) is 4.39 Å². The Hall–Kier alpha value is -1.01. The van der Waals surface area contributed by atoms with Crippen LogP contribution in [0.25, 0.3) is 0 Å². The molecule has 2 atom stereocenters. The summed E-state index contributed by atoms with van der Waals surface area (Å²) in [7, 11) is 0. The van der Waals surface area contributed by atoms with Crippen LogP contribution >= 0.6 is 0 Å². The topological polar surface area (TPSA) is 41.7 Å². The molecule has 2 unspecified atom stereocenters. The van der Waals surface area contributed by atoms with E-state index in [0.717, 1.165) is 51.4 Å². The molecule has 0 aliphatic carbocycles. The minimum Gasteiger partial charge on any atom is -0.379 e. The first-order valence-electron chi connectivity index (χ1n) is 7.80. The van der Waals surface area contributed by atoms with Crippen molar-refractivity contribution in [2.75, 3.05) is 45.9 Å². The van der Waals surface area contributed by atoms with Gasteiger partial charge >= 0.3 is 0 Å². The van der Waals surface area contributed by atoms with E-state index < -0.39 is 0 Å². The Morgan fingerprint density at radius 1 is 1.24 bits per heavy atom. The molecule has 0 amide bonds. The Labute approximate surface area is 125 Å². The summed E-state index contributed by atoms with van der Waals surface area (Å²) < 4.78 is 19.4. The quantitative estimate of drug-likeness (QED) is 0.907. The Kier molecular flexibility index (Phi) is 4.85. The van der Waals surface area contributed by atoms with Crippen LogP contribution in [0.2, 0.25) is 0 Å². The van der Waals surface area contributed by atoms with Gasteiger partial charge in [-0.05, 0) is 12.5 Å². The van der Waals surface area contributed by atoms with E-state index in [9.17, 15) is 4.39 Å². The van der Waals surface area contributed by atoms with Crippen LogP contribution in [-0.4, -0.2) is 61.8 Å². The summed E-state index contributed by atoms with van der Waals surface area (Å²) in [5.41, 5.74) is 6.66. The molecule has 2 N–H and O–H groups in total. The number of hydrogen-bond donors (Lipinski definition) is 1. The molecule has 0 saturated carbocycles. The smallest absolute Gasteiger partial charge is 0.128 e. The highest BCUT2D eigenvalue weighted by Gasteiger charge is 2.33. The van der Waals surface area contributed by atoms with Gasteiger partial charge < -0.3 is 10.5 Å². The van der Waals surface area contributed by atoms with Crippen molar-refractivity contribution in [1.82, 2.24) is 9.80 Å². The summed E-state index contributed by atoms with van der Waals surface area (Å²) in [4.78, 5) is 4.83. The zero-order valence-electron chi connectivity index (χ0n) is 12.4. The summed E-state index contributed by atoms with van der Waals surface area (Å²) in [6, 6.07) is 7.53. The number of likely N-dealkylation sites (tertiary alicyclic amines) is 1. The van der Waals surface area contributed by atoms with E-state index in [-0.39, 0.29) is 11.9 Å². The van der Waals surface area contributed by atoms with Crippen LogP contribution in [-0.2, 0) is 4.74 Å². The Morgan fingerprint density at radius 3 is 2.71 bits per heavy atom. The molecular formula is C16H24FN3O. The highest BCUT2D eigenvalue weighted by molar-refractivity contribution is 5.22. The van der Waals surface area contributed by atoms with Crippen LogP contribution in [0.15, 0.2) is 24.3 Å². The molecule has 4 nitrogen and oxygen atoms in total. The fourth-order valence-electron chi connectivity index (χ4n) is 3.51. The van der Waals surface area contributed by atoms with Gasteiger partial charge in [-0.15, -0.1) is 0 Å². The van der Waals surface area contributed by atoms with Crippen molar-refractivity contribution in [3.05, 3.63) is 35.6 Å². The molecule has 3 rings (SSSR count). The zero-order valence-corrected chi connectivity index (χ0v) is 12.4. The molecular weight excluding hydrogens is 269 g/mol. The summed E-state index contributed by atoms with van der Waals surface area (Å²) >= 11 is 0. The van der Waals surface area contributed by atoms with E-state index in [1.807, 2.05) is 12.1 Å². The number of rotatable bonds is 4. The van der Waals surface area contributed by atoms with Crippen molar-refractivity contribution >= 4 is 0 Å². The van der Waals surface area contributed by atoms with Crippen LogP contribution in [0.1, 0.15) is 18.0 Å². The lowest BCUT2D eigenvalue weighted by molar-refractivity contribution is 0.0176. The van der Waals surface area contributed by atoms with Gasteiger partial charge in [0.05, 0.1) is 13.2 Å². The summed E-state index contributed by atoms with van der Waals surface area (Å²) in [6.45, 7) is 6.07. The molecule has 2 aliphatic heterocycles. The first kappa shape index (κ1) is 14.9. The van der Waals surface area contributed by atoms with E-state index in [1.54, 1.807) is 6.07 Å². The van der Waals surface area contributed by atoms with Crippen LogP contribution in [0.5, 0.6) is 0 Å². The summed E-state index contributed by atoms with van der Waals surface area (Å²) in [5, 5.41) is 0. The van der Waals surface area contributed by atoms with Gasteiger partial charge in [-0.2, -0.15) is 0 Å².